The lowest BCUT2D eigenvalue weighted by Crippen LogP contribution is -2.36. The van der Waals surface area contributed by atoms with E-state index < -0.39 is 24.2 Å². The maximum Gasteiger partial charge on any atom is 0.225 e. The molecule has 1 aliphatic carbocycles. The van der Waals surface area contributed by atoms with Gasteiger partial charge < -0.3 is 26.0 Å². The predicted octanol–water partition coefficient (Wildman–Crippen LogP) is 3.67. The summed E-state index contributed by atoms with van der Waals surface area (Å²) in [7, 11) is 0. The van der Waals surface area contributed by atoms with Gasteiger partial charge in [0.15, 0.2) is 0 Å². The van der Waals surface area contributed by atoms with Crippen LogP contribution >= 0.6 is 22.9 Å². The van der Waals surface area contributed by atoms with Gasteiger partial charge >= 0.3 is 0 Å². The highest BCUT2D eigenvalue weighted by Gasteiger charge is 2.41. The van der Waals surface area contributed by atoms with Crippen molar-refractivity contribution in [3.05, 3.63) is 59.0 Å². The largest absolute Gasteiger partial charge is 0.396 e. The fraction of sp³-hybridized carbons (Fsp3) is 0.385. The maximum absolute atomic E-state index is 10.7. The van der Waals surface area contributed by atoms with Crippen LogP contribution in [-0.2, 0) is 6.42 Å². The number of aromatic nitrogens is 4. The van der Waals surface area contributed by atoms with Crippen LogP contribution in [-0.4, -0.2) is 66.2 Å². The Balaban J connectivity index is 1.47. The van der Waals surface area contributed by atoms with Crippen LogP contribution in [0.3, 0.4) is 0 Å². The number of fused-ring (bicyclic) bond motifs is 1. The molecule has 1 saturated carbocycles. The van der Waals surface area contributed by atoms with Crippen molar-refractivity contribution in [3.8, 4) is 10.6 Å². The number of halogens is 1. The van der Waals surface area contributed by atoms with Crippen molar-refractivity contribution in [1.82, 2.24) is 19.9 Å². The van der Waals surface area contributed by atoms with Gasteiger partial charge in [-0.1, -0.05) is 23.7 Å². The number of thiazole rings is 1. The number of aryl methyl sites for hydroxylation is 1. The molecule has 5 atom stereocenters. The number of aliphatic hydroxyl groups excluding tert-OH is 3. The Hall–Kier alpha value is -2.89. The smallest absolute Gasteiger partial charge is 0.225 e. The minimum Gasteiger partial charge on any atom is -0.396 e. The summed E-state index contributed by atoms with van der Waals surface area (Å²) < 4.78 is 0.991. The second kappa shape index (κ2) is 10.8. The number of hydrogen-bond acceptors (Lipinski definition) is 10. The zero-order valence-corrected chi connectivity index (χ0v) is 22.0. The van der Waals surface area contributed by atoms with Crippen LogP contribution in [0, 0.1) is 12.8 Å². The molecule has 1 aromatic carbocycles. The van der Waals surface area contributed by atoms with Crippen molar-refractivity contribution < 1.29 is 15.3 Å². The Morgan fingerprint density at radius 1 is 1.11 bits per heavy atom. The number of pyridine rings is 1. The highest BCUT2D eigenvalue weighted by Crippen LogP contribution is 2.38. The molecule has 0 radical (unpaired) electrons. The van der Waals surface area contributed by atoms with Crippen LogP contribution in [0.4, 0.5) is 11.8 Å². The Bertz CT molecular complexity index is 1350. The van der Waals surface area contributed by atoms with E-state index in [1.54, 1.807) is 12.4 Å². The molecule has 3 aromatic heterocycles. The van der Waals surface area contributed by atoms with Gasteiger partial charge in [-0.15, -0.1) is 11.3 Å². The van der Waals surface area contributed by atoms with E-state index in [0.29, 0.717) is 23.2 Å². The zero-order valence-electron chi connectivity index (χ0n) is 20.5. The van der Waals surface area contributed by atoms with Crippen molar-refractivity contribution in [2.75, 3.05) is 17.2 Å². The molecule has 5 N–H and O–H groups in total. The van der Waals surface area contributed by atoms with E-state index in [9.17, 15) is 15.3 Å². The average Bonchev–Trinajstić information content (AvgIpc) is 3.41. The minimum atomic E-state index is -1.04. The highest BCUT2D eigenvalue weighted by molar-refractivity contribution is 7.21. The molecule has 11 heteroatoms. The lowest BCUT2D eigenvalue weighted by molar-refractivity contribution is 0.00446. The molecule has 1 aliphatic rings. The predicted molar refractivity (Wildman–Crippen MR) is 146 cm³/mol. The van der Waals surface area contributed by atoms with Crippen molar-refractivity contribution in [2.45, 2.75) is 51.0 Å². The summed E-state index contributed by atoms with van der Waals surface area (Å²) in [6, 6.07) is 9.19. The number of anilines is 2. The van der Waals surface area contributed by atoms with Crippen LogP contribution in [0.25, 0.3) is 20.8 Å². The molecule has 194 valence electrons. The molecule has 3 heterocycles. The van der Waals surface area contributed by atoms with Crippen LogP contribution in [0.15, 0.2) is 42.7 Å². The molecule has 1 fully saturated rings. The van der Waals surface area contributed by atoms with Crippen LogP contribution in [0.2, 0.25) is 5.02 Å². The summed E-state index contributed by atoms with van der Waals surface area (Å²) in [5.74, 6) is 0.541. The average molecular weight is 541 g/mol. The maximum atomic E-state index is 10.7. The summed E-state index contributed by atoms with van der Waals surface area (Å²) in [6.07, 6.45) is 2.55. The fourth-order valence-electron chi connectivity index (χ4n) is 4.75. The molecule has 0 amide bonds. The van der Waals surface area contributed by atoms with Crippen molar-refractivity contribution in [1.29, 1.82) is 0 Å². The normalized spacial score (nSPS) is 22.3. The third-order valence-electron chi connectivity index (χ3n) is 6.68. The molecule has 0 aliphatic heterocycles. The number of hydrogen-bond donors (Lipinski definition) is 5. The van der Waals surface area contributed by atoms with E-state index in [1.807, 2.05) is 37.3 Å². The number of benzene rings is 1. The molecular formula is C26H29ClN6O3S. The molecule has 0 saturated heterocycles. The van der Waals surface area contributed by atoms with Gasteiger partial charge in [-0.05, 0) is 50.5 Å². The second-order valence-electron chi connectivity index (χ2n) is 9.50. The van der Waals surface area contributed by atoms with Crippen molar-refractivity contribution in [2.24, 2.45) is 5.92 Å². The highest BCUT2D eigenvalue weighted by atomic mass is 35.5. The molecule has 37 heavy (non-hydrogen) atoms. The Morgan fingerprint density at radius 3 is 2.59 bits per heavy atom. The first-order valence-corrected chi connectivity index (χ1v) is 13.4. The molecule has 1 unspecified atom stereocenters. The first-order valence-electron chi connectivity index (χ1n) is 12.2. The van der Waals surface area contributed by atoms with Crippen molar-refractivity contribution >= 4 is 44.9 Å². The summed E-state index contributed by atoms with van der Waals surface area (Å²) in [5, 5.41) is 38.8. The first kappa shape index (κ1) is 25.7. The summed E-state index contributed by atoms with van der Waals surface area (Å²) >= 11 is 7.53. The quantitative estimate of drug-likeness (QED) is 0.227. The van der Waals surface area contributed by atoms with Gasteiger partial charge in [0.25, 0.3) is 0 Å². The fourth-order valence-corrected chi connectivity index (χ4v) is 5.91. The van der Waals surface area contributed by atoms with Crippen LogP contribution in [0.1, 0.15) is 24.6 Å². The molecule has 0 spiro atoms. The van der Waals surface area contributed by atoms with Gasteiger partial charge in [0.2, 0.25) is 5.95 Å². The van der Waals surface area contributed by atoms with Crippen molar-refractivity contribution in [3.63, 3.8) is 0 Å². The van der Waals surface area contributed by atoms with Gasteiger partial charge in [-0.25, -0.2) is 9.97 Å². The van der Waals surface area contributed by atoms with Crippen LogP contribution < -0.4 is 10.6 Å². The van der Waals surface area contributed by atoms with E-state index in [0.717, 1.165) is 38.5 Å². The van der Waals surface area contributed by atoms with Gasteiger partial charge in [0.1, 0.15) is 22.4 Å². The molecular weight excluding hydrogens is 512 g/mol. The monoisotopic (exact) mass is 540 g/mol. The Kier molecular flexibility index (Phi) is 7.55. The third-order valence-corrected chi connectivity index (χ3v) is 7.99. The Labute approximate surface area is 223 Å². The van der Waals surface area contributed by atoms with Gasteiger partial charge in [0, 0.05) is 29.8 Å². The van der Waals surface area contributed by atoms with E-state index in [1.165, 1.54) is 11.3 Å². The standard InChI is InChI=1S/C26H29ClN6O3S/c1-13(9-15-3-5-17(27)6-4-15)29-26-30-14(2)21(25-32-19-11-28-8-7-20(19)37-25)24(33-26)31-18-10-16(12-34)22(35)23(18)36/h3-8,11,13,16,18,22-23,34-36H,9-10,12H2,1-2H3,(H2,29,30,31,33)/t13?,16-,18-,22-,23+/m1/s1. The number of rotatable bonds is 8. The van der Waals surface area contributed by atoms with E-state index in [-0.39, 0.29) is 12.6 Å². The summed E-state index contributed by atoms with van der Waals surface area (Å²) in [4.78, 5) is 18.4. The molecule has 0 bridgehead atoms. The third kappa shape index (κ3) is 5.53. The molecule has 9 nitrogen and oxygen atoms in total. The van der Waals surface area contributed by atoms with Gasteiger partial charge in [-0.2, -0.15) is 4.98 Å². The van der Waals surface area contributed by atoms with E-state index in [2.05, 4.69) is 22.5 Å². The topological polar surface area (TPSA) is 136 Å². The van der Waals surface area contributed by atoms with E-state index >= 15 is 0 Å². The lowest BCUT2D eigenvalue weighted by Gasteiger charge is -2.22. The lowest BCUT2D eigenvalue weighted by atomic mass is 10.1. The molecule has 5 rings (SSSR count). The SMILES string of the molecule is Cc1nc(NC(C)Cc2ccc(Cl)cc2)nc(N[C@@H]2C[C@H](CO)[C@@H](O)[C@H]2O)c1-c1nc2cnccc2s1. The van der Waals surface area contributed by atoms with Gasteiger partial charge in [0.05, 0.1) is 34.3 Å². The number of nitrogens with one attached hydrogen (secondary N) is 2. The van der Waals surface area contributed by atoms with Crippen LogP contribution in [0.5, 0.6) is 0 Å². The number of nitrogens with zero attached hydrogens (tertiary/aromatic N) is 4. The minimum absolute atomic E-state index is 0.0328. The number of aliphatic hydroxyl groups is 3. The Morgan fingerprint density at radius 2 is 1.89 bits per heavy atom. The zero-order chi connectivity index (χ0) is 26.1. The molecule has 4 aromatic rings. The summed E-state index contributed by atoms with van der Waals surface area (Å²) in [5.41, 5.74) is 3.37. The van der Waals surface area contributed by atoms with Gasteiger partial charge in [-0.3, -0.25) is 4.98 Å². The summed E-state index contributed by atoms with van der Waals surface area (Å²) in [6.45, 7) is 3.75. The van der Waals surface area contributed by atoms with E-state index in [4.69, 9.17) is 26.6 Å². The first-order chi connectivity index (χ1) is 17.8. The second-order valence-corrected chi connectivity index (χ2v) is 11.0.